The largest absolute Gasteiger partial charge is 0.392 e. The lowest BCUT2D eigenvalue weighted by atomic mass is 10.0. The molecule has 2 N–H and O–H groups in total. The predicted octanol–water partition coefficient (Wildman–Crippen LogP) is 0.913. The minimum atomic E-state index is -0.282. The first-order chi connectivity index (χ1) is 6.68. The molecule has 0 bridgehead atoms. The summed E-state index contributed by atoms with van der Waals surface area (Å²) in [4.78, 5) is 0. The smallest absolute Gasteiger partial charge is 0.0757 e. The molecule has 3 nitrogen and oxygen atoms in total. The summed E-state index contributed by atoms with van der Waals surface area (Å²) in [5, 5.41) is 12.9. The lowest BCUT2D eigenvalue weighted by Crippen LogP contribution is -2.46. The van der Waals surface area contributed by atoms with Gasteiger partial charge in [0.15, 0.2) is 0 Å². The van der Waals surface area contributed by atoms with Crippen molar-refractivity contribution in [3.05, 3.63) is 0 Å². The van der Waals surface area contributed by atoms with Gasteiger partial charge in [-0.15, -0.1) is 0 Å². The Morgan fingerprint density at radius 3 is 2.57 bits per heavy atom. The standard InChI is InChI=1S/C11H21NO2/c1-7(8(2)13)12-10-5-6-14-11(10)9-3-4-9/h7-13H,3-6H2,1-2H3. The highest BCUT2D eigenvalue weighted by Crippen LogP contribution is 2.38. The van der Waals surface area contributed by atoms with Crippen LogP contribution < -0.4 is 5.32 Å². The average Bonchev–Trinajstić information content (AvgIpc) is 2.88. The Kier molecular flexibility index (Phi) is 3.10. The molecule has 3 heteroatoms. The molecule has 2 fully saturated rings. The highest BCUT2D eigenvalue weighted by Gasteiger charge is 2.40. The van der Waals surface area contributed by atoms with E-state index in [2.05, 4.69) is 5.32 Å². The summed E-state index contributed by atoms with van der Waals surface area (Å²) in [7, 11) is 0. The summed E-state index contributed by atoms with van der Waals surface area (Å²) in [6.07, 6.45) is 3.88. The first-order valence-electron chi connectivity index (χ1n) is 5.74. The molecular weight excluding hydrogens is 178 g/mol. The third-order valence-corrected chi connectivity index (χ3v) is 3.42. The Labute approximate surface area is 85.8 Å². The lowest BCUT2D eigenvalue weighted by molar-refractivity contribution is 0.0714. The zero-order valence-corrected chi connectivity index (χ0v) is 9.07. The van der Waals surface area contributed by atoms with Crippen molar-refractivity contribution >= 4 is 0 Å². The van der Waals surface area contributed by atoms with E-state index in [0.29, 0.717) is 12.1 Å². The van der Waals surface area contributed by atoms with Gasteiger partial charge in [-0.3, -0.25) is 0 Å². The maximum absolute atomic E-state index is 9.42. The second-order valence-electron chi connectivity index (χ2n) is 4.76. The molecule has 0 aromatic carbocycles. The number of rotatable bonds is 4. The van der Waals surface area contributed by atoms with E-state index in [1.54, 1.807) is 0 Å². The second kappa shape index (κ2) is 4.17. The van der Waals surface area contributed by atoms with Gasteiger partial charge in [-0.05, 0) is 39.0 Å². The summed E-state index contributed by atoms with van der Waals surface area (Å²) in [6, 6.07) is 0.634. The zero-order valence-electron chi connectivity index (χ0n) is 9.07. The molecule has 4 atom stereocenters. The van der Waals surface area contributed by atoms with Crippen molar-refractivity contribution in [2.24, 2.45) is 5.92 Å². The minimum Gasteiger partial charge on any atom is -0.392 e. The Morgan fingerprint density at radius 2 is 2.00 bits per heavy atom. The maximum atomic E-state index is 9.42. The summed E-state index contributed by atoms with van der Waals surface area (Å²) < 4.78 is 5.73. The molecule has 4 unspecified atom stereocenters. The third kappa shape index (κ3) is 2.27. The lowest BCUT2D eigenvalue weighted by Gasteiger charge is -2.25. The third-order valence-electron chi connectivity index (χ3n) is 3.42. The fraction of sp³-hybridized carbons (Fsp3) is 1.00. The number of hydrogen-bond donors (Lipinski definition) is 2. The quantitative estimate of drug-likeness (QED) is 0.707. The Hall–Kier alpha value is -0.120. The van der Waals surface area contributed by atoms with Crippen LogP contribution in [0.15, 0.2) is 0 Å². The molecule has 1 heterocycles. The van der Waals surface area contributed by atoms with Gasteiger partial charge >= 0.3 is 0 Å². The van der Waals surface area contributed by atoms with Gasteiger partial charge in [0.05, 0.1) is 12.2 Å². The van der Waals surface area contributed by atoms with Crippen molar-refractivity contribution in [2.45, 2.75) is 57.4 Å². The average molecular weight is 199 g/mol. The normalized spacial score (nSPS) is 37.1. The number of aliphatic hydroxyl groups is 1. The summed E-state index contributed by atoms with van der Waals surface area (Å²) in [5.74, 6) is 0.788. The van der Waals surface area contributed by atoms with Crippen molar-refractivity contribution < 1.29 is 9.84 Å². The van der Waals surface area contributed by atoms with Gasteiger partial charge in [0.25, 0.3) is 0 Å². The Morgan fingerprint density at radius 1 is 1.29 bits per heavy atom. The monoisotopic (exact) mass is 199 g/mol. The van der Waals surface area contributed by atoms with E-state index in [-0.39, 0.29) is 12.1 Å². The first kappa shape index (κ1) is 10.4. The van der Waals surface area contributed by atoms with Gasteiger partial charge in [-0.25, -0.2) is 0 Å². The van der Waals surface area contributed by atoms with Gasteiger partial charge in [0.2, 0.25) is 0 Å². The highest BCUT2D eigenvalue weighted by molar-refractivity contribution is 4.94. The minimum absolute atomic E-state index is 0.169. The van der Waals surface area contributed by atoms with Crippen molar-refractivity contribution in [1.82, 2.24) is 5.32 Å². The summed E-state index contributed by atoms with van der Waals surface area (Å²) >= 11 is 0. The fourth-order valence-corrected chi connectivity index (χ4v) is 2.16. The predicted molar refractivity (Wildman–Crippen MR) is 55.1 cm³/mol. The summed E-state index contributed by atoms with van der Waals surface area (Å²) in [5.41, 5.74) is 0. The van der Waals surface area contributed by atoms with Crippen LogP contribution in [0.25, 0.3) is 0 Å². The van der Waals surface area contributed by atoms with Gasteiger partial charge in [0.1, 0.15) is 0 Å². The second-order valence-corrected chi connectivity index (χ2v) is 4.76. The molecule has 0 aromatic rings. The molecule has 14 heavy (non-hydrogen) atoms. The highest BCUT2D eigenvalue weighted by atomic mass is 16.5. The van der Waals surface area contributed by atoms with E-state index in [9.17, 15) is 5.11 Å². The number of nitrogens with one attached hydrogen (secondary N) is 1. The van der Waals surface area contributed by atoms with Gasteiger partial charge in [0, 0.05) is 18.7 Å². The van der Waals surface area contributed by atoms with Crippen molar-refractivity contribution in [1.29, 1.82) is 0 Å². The van der Waals surface area contributed by atoms with E-state index < -0.39 is 0 Å². The van der Waals surface area contributed by atoms with Crippen LogP contribution in [0.5, 0.6) is 0 Å². The van der Waals surface area contributed by atoms with E-state index in [1.807, 2.05) is 13.8 Å². The van der Waals surface area contributed by atoms with Crippen LogP contribution in [-0.2, 0) is 4.74 Å². The van der Waals surface area contributed by atoms with Crippen molar-refractivity contribution in [3.63, 3.8) is 0 Å². The van der Waals surface area contributed by atoms with Crippen LogP contribution in [0.2, 0.25) is 0 Å². The van der Waals surface area contributed by atoms with Gasteiger partial charge < -0.3 is 15.2 Å². The molecule has 1 aliphatic carbocycles. The van der Waals surface area contributed by atoms with Gasteiger partial charge in [-0.2, -0.15) is 0 Å². The molecule has 0 aromatic heterocycles. The number of ether oxygens (including phenoxy) is 1. The maximum Gasteiger partial charge on any atom is 0.0757 e. The van der Waals surface area contributed by atoms with Crippen LogP contribution in [0, 0.1) is 5.92 Å². The molecule has 1 saturated carbocycles. The molecule has 0 spiro atoms. The number of aliphatic hydroxyl groups excluding tert-OH is 1. The Bertz CT molecular complexity index is 192. The molecule has 1 saturated heterocycles. The molecular formula is C11H21NO2. The molecule has 2 aliphatic rings. The molecule has 2 rings (SSSR count). The zero-order chi connectivity index (χ0) is 10.1. The van der Waals surface area contributed by atoms with Crippen LogP contribution >= 0.6 is 0 Å². The van der Waals surface area contributed by atoms with Gasteiger partial charge in [-0.1, -0.05) is 0 Å². The number of hydrogen-bond acceptors (Lipinski definition) is 3. The topological polar surface area (TPSA) is 41.5 Å². The van der Waals surface area contributed by atoms with Crippen LogP contribution in [0.4, 0.5) is 0 Å². The van der Waals surface area contributed by atoms with Crippen LogP contribution in [0.1, 0.15) is 33.1 Å². The SMILES string of the molecule is CC(O)C(C)NC1CCOC1C1CC1. The van der Waals surface area contributed by atoms with Crippen molar-refractivity contribution in [3.8, 4) is 0 Å². The van der Waals surface area contributed by atoms with Crippen LogP contribution in [0.3, 0.4) is 0 Å². The van der Waals surface area contributed by atoms with Crippen molar-refractivity contribution in [2.75, 3.05) is 6.61 Å². The van der Waals surface area contributed by atoms with E-state index in [0.717, 1.165) is 18.9 Å². The molecule has 0 amide bonds. The first-order valence-corrected chi connectivity index (χ1v) is 5.74. The van der Waals surface area contributed by atoms with E-state index in [1.165, 1.54) is 12.8 Å². The molecule has 82 valence electrons. The Balaban J connectivity index is 1.83. The summed E-state index contributed by atoms with van der Waals surface area (Å²) in [6.45, 7) is 4.75. The molecule has 0 radical (unpaired) electrons. The molecule has 1 aliphatic heterocycles. The fourth-order valence-electron chi connectivity index (χ4n) is 2.16. The van der Waals surface area contributed by atoms with E-state index >= 15 is 0 Å². The van der Waals surface area contributed by atoms with Crippen LogP contribution in [-0.4, -0.2) is 36.0 Å². The van der Waals surface area contributed by atoms with E-state index in [4.69, 9.17) is 4.74 Å².